The lowest BCUT2D eigenvalue weighted by atomic mass is 9.97. The highest BCUT2D eigenvalue weighted by molar-refractivity contribution is 5.94. The van der Waals surface area contributed by atoms with Crippen LogP contribution in [0.25, 0.3) is 39.1 Å². The van der Waals surface area contributed by atoms with Gasteiger partial charge in [0.15, 0.2) is 5.82 Å². The fourth-order valence-electron chi connectivity index (χ4n) is 4.52. The minimum absolute atomic E-state index is 0.299. The van der Waals surface area contributed by atoms with Crippen LogP contribution in [0, 0.1) is 0 Å². The van der Waals surface area contributed by atoms with Gasteiger partial charge in [0.1, 0.15) is 11.4 Å². The van der Waals surface area contributed by atoms with Crippen LogP contribution in [0.5, 0.6) is 5.75 Å². The van der Waals surface area contributed by atoms with Crippen molar-refractivity contribution in [2.45, 2.75) is 13.3 Å². The summed E-state index contributed by atoms with van der Waals surface area (Å²) >= 11 is 0. The number of aryl methyl sites for hydroxylation is 1. The highest BCUT2D eigenvalue weighted by Crippen LogP contribution is 2.32. The lowest BCUT2D eigenvalue weighted by Gasteiger charge is -2.10. The van der Waals surface area contributed by atoms with Gasteiger partial charge in [0.25, 0.3) is 0 Å². The Hall–Kier alpha value is -3.46. The number of nitrogens with zero attached hydrogens (tertiary/aromatic N) is 3. The number of morpholine rings is 1. The largest absolute Gasteiger partial charge is 0.508 e. The van der Waals surface area contributed by atoms with E-state index >= 15 is 0 Å². The minimum Gasteiger partial charge on any atom is -0.508 e. The Morgan fingerprint density at radius 2 is 1.97 bits per heavy atom. The molecule has 2 aromatic heterocycles. The Morgan fingerprint density at radius 1 is 1.11 bits per heavy atom. The molecular weight excluding hydrogens is 440 g/mol. The van der Waals surface area contributed by atoms with Crippen LogP contribution in [0.3, 0.4) is 0 Å². The van der Waals surface area contributed by atoms with Crippen LogP contribution in [0.15, 0.2) is 48.7 Å². The average Bonchev–Trinajstić information content (AvgIpc) is 3.64. The summed E-state index contributed by atoms with van der Waals surface area (Å²) in [5.74, 6) is 1.07. The zero-order chi connectivity index (χ0) is 24.2. The highest BCUT2D eigenvalue weighted by atomic mass is 16.5. The summed E-state index contributed by atoms with van der Waals surface area (Å²) in [6, 6.07) is 11.8. The number of likely N-dealkylation sites (N-methyl/N-ethyl adjacent to an activating group) is 1. The third-order valence-electron chi connectivity index (χ3n) is 6.43. The highest BCUT2D eigenvalue weighted by Gasteiger charge is 2.17. The van der Waals surface area contributed by atoms with E-state index < -0.39 is 0 Å². The third-order valence-corrected chi connectivity index (χ3v) is 6.43. The second-order valence-corrected chi connectivity index (χ2v) is 8.96. The number of phenols is 1. The Labute approximate surface area is 205 Å². The van der Waals surface area contributed by atoms with E-state index in [1.165, 1.54) is 5.57 Å². The molecule has 4 heterocycles. The SMILES string of the molecule is C1COCCN1.CCc1cc(O)ccc1-c1ccc2c(-c3ncc(C4=CCN(C)C4)[nH]3)n[nH]c2c1. The molecule has 4 N–H and O–H groups in total. The van der Waals surface area contributed by atoms with Crippen LogP contribution >= 0.6 is 0 Å². The number of aromatic nitrogens is 4. The van der Waals surface area contributed by atoms with E-state index in [0.29, 0.717) is 5.75 Å². The van der Waals surface area contributed by atoms with Crippen LogP contribution in [-0.4, -0.2) is 76.6 Å². The minimum atomic E-state index is 0.299. The second-order valence-electron chi connectivity index (χ2n) is 8.96. The molecule has 0 spiro atoms. The summed E-state index contributed by atoms with van der Waals surface area (Å²) in [7, 11) is 2.11. The standard InChI is InChI=1S/C23H23N5O.C4H9NO/c1-3-14-10-17(29)5-7-18(14)15-4-6-19-20(11-15)26-27-22(19)23-24-12-21(25-23)16-8-9-28(2)13-16;1-3-6-4-2-5-1/h4-8,10-12,29H,3,9,13H2,1-2H3,(H,24,25)(H,26,27);5H,1-4H2. The lowest BCUT2D eigenvalue weighted by molar-refractivity contribution is 0.109. The number of hydrogen-bond donors (Lipinski definition) is 4. The lowest BCUT2D eigenvalue weighted by Crippen LogP contribution is -2.30. The number of aromatic hydroxyl groups is 1. The van der Waals surface area contributed by atoms with Gasteiger partial charge in [0.2, 0.25) is 0 Å². The van der Waals surface area contributed by atoms with Crippen molar-refractivity contribution in [1.82, 2.24) is 30.4 Å². The van der Waals surface area contributed by atoms with Crippen molar-refractivity contribution >= 4 is 16.5 Å². The number of ether oxygens (including phenoxy) is 1. The van der Waals surface area contributed by atoms with E-state index in [-0.39, 0.29) is 0 Å². The molecule has 35 heavy (non-hydrogen) atoms. The van der Waals surface area contributed by atoms with E-state index in [9.17, 15) is 5.11 Å². The first-order valence-corrected chi connectivity index (χ1v) is 12.1. The van der Waals surface area contributed by atoms with Gasteiger partial charge in [-0.05, 0) is 60.0 Å². The topological polar surface area (TPSA) is 102 Å². The molecule has 2 aliphatic rings. The summed E-state index contributed by atoms with van der Waals surface area (Å²) < 4.78 is 5.01. The number of fused-ring (bicyclic) bond motifs is 1. The van der Waals surface area contributed by atoms with Gasteiger partial charge in [-0.2, -0.15) is 5.10 Å². The first kappa shape index (κ1) is 23.3. The van der Waals surface area contributed by atoms with Gasteiger partial charge in [0, 0.05) is 31.6 Å². The molecule has 8 nitrogen and oxygen atoms in total. The predicted molar refractivity (Wildman–Crippen MR) is 139 cm³/mol. The van der Waals surface area contributed by atoms with Crippen LogP contribution in [0.1, 0.15) is 18.2 Å². The molecule has 2 aliphatic heterocycles. The van der Waals surface area contributed by atoms with Gasteiger partial charge in [0.05, 0.1) is 30.6 Å². The van der Waals surface area contributed by atoms with Crippen LogP contribution in [0.4, 0.5) is 0 Å². The van der Waals surface area contributed by atoms with Crippen LogP contribution < -0.4 is 5.32 Å². The fourth-order valence-corrected chi connectivity index (χ4v) is 4.52. The van der Waals surface area contributed by atoms with Gasteiger partial charge in [-0.25, -0.2) is 4.98 Å². The quantitative estimate of drug-likeness (QED) is 0.360. The molecule has 0 saturated carbocycles. The molecule has 6 rings (SSSR count). The molecule has 0 bridgehead atoms. The maximum Gasteiger partial charge on any atom is 0.159 e. The molecule has 0 atom stereocenters. The number of phenolic OH excluding ortho intramolecular Hbond substituents is 1. The van der Waals surface area contributed by atoms with Crippen molar-refractivity contribution < 1.29 is 9.84 Å². The number of rotatable bonds is 4. The number of H-pyrrole nitrogens is 2. The zero-order valence-corrected chi connectivity index (χ0v) is 20.3. The monoisotopic (exact) mass is 472 g/mol. The number of nitrogens with one attached hydrogen (secondary N) is 3. The van der Waals surface area contributed by atoms with E-state index in [2.05, 4.69) is 68.6 Å². The van der Waals surface area contributed by atoms with Crippen LogP contribution in [0.2, 0.25) is 0 Å². The number of imidazole rings is 1. The molecule has 1 fully saturated rings. The number of benzene rings is 2. The molecule has 1 saturated heterocycles. The maximum absolute atomic E-state index is 9.78. The molecule has 4 aromatic rings. The normalized spacial score (nSPS) is 16.2. The van der Waals surface area contributed by atoms with E-state index in [1.807, 2.05) is 18.3 Å². The van der Waals surface area contributed by atoms with Crippen molar-refractivity contribution in [3.63, 3.8) is 0 Å². The van der Waals surface area contributed by atoms with Crippen molar-refractivity contribution in [1.29, 1.82) is 0 Å². The average molecular weight is 473 g/mol. The summed E-state index contributed by atoms with van der Waals surface area (Å²) in [5.41, 5.74) is 7.46. The van der Waals surface area contributed by atoms with Crippen molar-refractivity contribution in [3.8, 4) is 28.4 Å². The van der Waals surface area contributed by atoms with E-state index in [0.717, 1.165) is 90.6 Å². The molecular formula is C27H32N6O2. The van der Waals surface area contributed by atoms with Gasteiger partial charge in [-0.15, -0.1) is 0 Å². The molecule has 182 valence electrons. The number of hydrogen-bond acceptors (Lipinski definition) is 6. The maximum atomic E-state index is 9.78. The van der Waals surface area contributed by atoms with E-state index in [4.69, 9.17) is 4.74 Å². The summed E-state index contributed by atoms with van der Waals surface area (Å²) in [6.45, 7) is 7.82. The Bertz CT molecular complexity index is 1320. The Morgan fingerprint density at radius 3 is 2.66 bits per heavy atom. The molecule has 0 unspecified atom stereocenters. The predicted octanol–water partition coefficient (Wildman–Crippen LogP) is 3.82. The Balaban J connectivity index is 0.000000371. The van der Waals surface area contributed by atoms with Gasteiger partial charge < -0.3 is 20.1 Å². The van der Waals surface area contributed by atoms with Crippen LogP contribution in [-0.2, 0) is 11.2 Å². The fraction of sp³-hybridized carbons (Fsp3) is 0.333. The first-order valence-electron chi connectivity index (χ1n) is 12.1. The Kier molecular flexibility index (Phi) is 6.94. The smallest absolute Gasteiger partial charge is 0.159 e. The second kappa shape index (κ2) is 10.4. The van der Waals surface area contributed by atoms with Gasteiger partial charge in [-0.3, -0.25) is 10.00 Å². The third kappa shape index (κ3) is 5.14. The molecule has 0 amide bonds. The summed E-state index contributed by atoms with van der Waals surface area (Å²) in [4.78, 5) is 10.3. The number of aromatic amines is 2. The van der Waals surface area contributed by atoms with Crippen molar-refractivity contribution in [2.24, 2.45) is 0 Å². The molecule has 8 heteroatoms. The van der Waals surface area contributed by atoms with Crippen molar-refractivity contribution in [2.75, 3.05) is 46.4 Å². The first-order chi connectivity index (χ1) is 17.1. The van der Waals surface area contributed by atoms with Gasteiger partial charge >= 0.3 is 0 Å². The molecule has 0 aliphatic carbocycles. The summed E-state index contributed by atoms with van der Waals surface area (Å²) in [5, 5.41) is 21.6. The van der Waals surface area contributed by atoms with E-state index in [1.54, 1.807) is 6.07 Å². The molecule has 2 aromatic carbocycles. The summed E-state index contributed by atoms with van der Waals surface area (Å²) in [6.07, 6.45) is 4.98. The van der Waals surface area contributed by atoms with Gasteiger partial charge in [-0.1, -0.05) is 25.1 Å². The zero-order valence-electron chi connectivity index (χ0n) is 20.3. The molecule has 0 radical (unpaired) electrons. The van der Waals surface area contributed by atoms with Crippen molar-refractivity contribution in [3.05, 3.63) is 59.9 Å².